The van der Waals surface area contributed by atoms with Crippen LogP contribution >= 0.6 is 11.6 Å². The van der Waals surface area contributed by atoms with E-state index in [1.54, 1.807) is 68.8 Å². The first kappa shape index (κ1) is 29.3. The van der Waals surface area contributed by atoms with Gasteiger partial charge in [0, 0.05) is 47.4 Å². The molecule has 1 heterocycles. The number of aryl methyl sites for hydroxylation is 1. The Balaban J connectivity index is 0.000000260. The smallest absolute Gasteiger partial charge is 0.259 e. The van der Waals surface area contributed by atoms with Gasteiger partial charge >= 0.3 is 0 Å². The molecule has 10 heteroatoms. The van der Waals surface area contributed by atoms with Gasteiger partial charge in [0.25, 0.3) is 5.91 Å². The Morgan fingerprint density at radius 3 is 2.26 bits per heavy atom. The van der Waals surface area contributed by atoms with Gasteiger partial charge in [0.1, 0.15) is 11.9 Å². The van der Waals surface area contributed by atoms with Crippen LogP contribution < -0.4 is 16.8 Å². The largest absolute Gasteiger partial charge is 0.505 e. The van der Waals surface area contributed by atoms with Crippen molar-refractivity contribution in [3.63, 3.8) is 0 Å². The number of hydrogen-bond acceptors (Lipinski definition) is 8. The van der Waals surface area contributed by atoms with E-state index in [9.17, 15) is 9.90 Å². The first-order valence-electron chi connectivity index (χ1n) is 11.3. The number of carbonyl (C=O) groups excluding carboxylic acids is 1. The van der Waals surface area contributed by atoms with Crippen molar-refractivity contribution < 1.29 is 9.90 Å². The van der Waals surface area contributed by atoms with E-state index >= 15 is 0 Å². The number of nitrogen functional groups attached to an aromatic ring is 1. The van der Waals surface area contributed by atoms with Crippen molar-refractivity contribution in [1.82, 2.24) is 9.97 Å². The van der Waals surface area contributed by atoms with Gasteiger partial charge in [-0.15, -0.1) is 0 Å². The summed E-state index contributed by atoms with van der Waals surface area (Å²) in [5.74, 6) is 0.171. The van der Waals surface area contributed by atoms with Crippen LogP contribution in [-0.4, -0.2) is 34.2 Å². The molecule has 1 aromatic heterocycles. The summed E-state index contributed by atoms with van der Waals surface area (Å²) in [5.41, 5.74) is 13.1. The summed E-state index contributed by atoms with van der Waals surface area (Å²) in [4.78, 5) is 23.7. The van der Waals surface area contributed by atoms with Gasteiger partial charge in [-0.05, 0) is 55.6 Å². The van der Waals surface area contributed by atoms with E-state index < -0.39 is 5.91 Å². The number of fused-ring (bicyclic) bond motifs is 1. The molecule has 0 bridgehead atoms. The van der Waals surface area contributed by atoms with Crippen LogP contribution in [0.25, 0.3) is 10.8 Å². The van der Waals surface area contributed by atoms with Crippen molar-refractivity contribution >= 4 is 45.9 Å². The molecule has 38 heavy (non-hydrogen) atoms. The third-order valence-electron chi connectivity index (χ3n) is 4.91. The SMILES string of the molecule is CN=C/C(C#N)=C(\C)N.Cc1ncccn1.Nc1c(O)c(C(=O)Nc2ccc(Cl)cc2)cc2ccccc12. The molecule has 0 aliphatic rings. The Morgan fingerprint density at radius 2 is 1.76 bits per heavy atom. The molecule has 0 fully saturated rings. The Hall–Kier alpha value is -4.94. The number of aromatic nitrogens is 2. The van der Waals surface area contributed by atoms with Gasteiger partial charge in [0.2, 0.25) is 0 Å². The number of carbonyl (C=O) groups is 1. The lowest BCUT2D eigenvalue weighted by Crippen LogP contribution is -2.12. The number of anilines is 2. The monoisotopic (exact) mass is 529 g/mol. The number of benzene rings is 3. The average Bonchev–Trinajstić information content (AvgIpc) is 2.91. The molecule has 1 amide bonds. The summed E-state index contributed by atoms with van der Waals surface area (Å²) in [6.45, 7) is 3.53. The molecule has 0 radical (unpaired) electrons. The summed E-state index contributed by atoms with van der Waals surface area (Å²) >= 11 is 5.81. The third-order valence-corrected chi connectivity index (χ3v) is 5.16. The van der Waals surface area contributed by atoms with Crippen LogP contribution in [0.3, 0.4) is 0 Å². The minimum Gasteiger partial charge on any atom is -0.505 e. The Bertz CT molecular complexity index is 1480. The lowest BCUT2D eigenvalue weighted by Gasteiger charge is -2.11. The van der Waals surface area contributed by atoms with Crippen LogP contribution in [0.5, 0.6) is 5.75 Å². The summed E-state index contributed by atoms with van der Waals surface area (Å²) in [6.07, 6.45) is 4.89. The zero-order valence-electron chi connectivity index (χ0n) is 21.2. The van der Waals surface area contributed by atoms with Gasteiger partial charge in [-0.25, -0.2) is 9.97 Å². The molecule has 4 rings (SSSR count). The lowest BCUT2D eigenvalue weighted by molar-refractivity contribution is 0.102. The van der Waals surface area contributed by atoms with Gasteiger partial charge in [-0.3, -0.25) is 9.79 Å². The number of amides is 1. The third kappa shape index (κ3) is 8.62. The second kappa shape index (κ2) is 14.6. The molecule has 6 N–H and O–H groups in total. The Kier molecular flexibility index (Phi) is 11.2. The van der Waals surface area contributed by atoms with E-state index in [4.69, 9.17) is 28.3 Å². The fourth-order valence-electron chi connectivity index (χ4n) is 2.99. The summed E-state index contributed by atoms with van der Waals surface area (Å²) < 4.78 is 0. The summed E-state index contributed by atoms with van der Waals surface area (Å²) in [5, 5.41) is 23.3. The molecule has 9 nitrogen and oxygen atoms in total. The minimum atomic E-state index is -0.433. The van der Waals surface area contributed by atoms with E-state index in [0.29, 0.717) is 27.4 Å². The number of allylic oxidation sites excluding steroid dienone is 2. The van der Waals surface area contributed by atoms with E-state index in [2.05, 4.69) is 20.3 Å². The van der Waals surface area contributed by atoms with E-state index in [-0.39, 0.29) is 17.0 Å². The molecule has 4 aromatic rings. The fourth-order valence-corrected chi connectivity index (χ4v) is 3.12. The van der Waals surface area contributed by atoms with Crippen LogP contribution in [0.4, 0.5) is 11.4 Å². The highest BCUT2D eigenvalue weighted by Gasteiger charge is 2.16. The fraction of sp³-hybridized carbons (Fsp3) is 0.107. The quantitative estimate of drug-likeness (QED) is 0.122. The number of phenols is 1. The highest BCUT2D eigenvalue weighted by atomic mass is 35.5. The topological polar surface area (TPSA) is 163 Å². The summed E-state index contributed by atoms with van der Waals surface area (Å²) in [7, 11) is 1.60. The highest BCUT2D eigenvalue weighted by Crippen LogP contribution is 2.34. The van der Waals surface area contributed by atoms with Crippen LogP contribution in [0.1, 0.15) is 23.1 Å². The van der Waals surface area contributed by atoms with Crippen LogP contribution in [0.2, 0.25) is 5.02 Å². The molecule has 0 saturated heterocycles. The first-order chi connectivity index (χ1) is 18.2. The predicted octanol–water partition coefficient (Wildman–Crippen LogP) is 5.26. The number of phenolic OH excluding ortho intramolecular Hbond substituents is 1. The molecule has 0 saturated carbocycles. The van der Waals surface area contributed by atoms with Gasteiger partial charge in [-0.2, -0.15) is 5.26 Å². The minimum absolute atomic E-state index is 0.131. The Morgan fingerprint density at radius 1 is 1.13 bits per heavy atom. The van der Waals surface area contributed by atoms with Crippen molar-refractivity contribution in [2.75, 3.05) is 18.1 Å². The number of rotatable bonds is 3. The molecule has 0 atom stereocenters. The van der Waals surface area contributed by atoms with Crippen molar-refractivity contribution in [3.05, 3.63) is 101 Å². The maximum Gasteiger partial charge on any atom is 0.259 e. The number of halogens is 1. The summed E-state index contributed by atoms with van der Waals surface area (Å²) in [6, 6.07) is 19.3. The predicted molar refractivity (Wildman–Crippen MR) is 153 cm³/mol. The van der Waals surface area contributed by atoms with Crippen LogP contribution in [0.15, 0.2) is 89.3 Å². The molecule has 3 aromatic carbocycles. The molecule has 0 unspecified atom stereocenters. The molecule has 0 aliphatic heterocycles. The van der Waals surface area contributed by atoms with Gasteiger partial charge in [0.05, 0.1) is 16.8 Å². The highest BCUT2D eigenvalue weighted by molar-refractivity contribution is 6.30. The van der Waals surface area contributed by atoms with Crippen molar-refractivity contribution in [3.8, 4) is 11.8 Å². The van der Waals surface area contributed by atoms with Crippen molar-refractivity contribution in [2.24, 2.45) is 10.7 Å². The van der Waals surface area contributed by atoms with Crippen LogP contribution in [-0.2, 0) is 0 Å². The number of nitrogens with two attached hydrogens (primary N) is 2. The zero-order valence-corrected chi connectivity index (χ0v) is 21.9. The Labute approximate surface area is 226 Å². The normalized spacial score (nSPS) is 10.8. The first-order valence-corrected chi connectivity index (χ1v) is 11.6. The molecular weight excluding hydrogens is 502 g/mol. The average molecular weight is 530 g/mol. The number of aromatic hydroxyl groups is 1. The van der Waals surface area contributed by atoms with Crippen molar-refractivity contribution in [1.29, 1.82) is 5.26 Å². The maximum absolute atomic E-state index is 12.4. The van der Waals surface area contributed by atoms with Gasteiger partial charge < -0.3 is 21.9 Å². The number of nitrogens with one attached hydrogen (secondary N) is 1. The number of hydrogen-bond donors (Lipinski definition) is 4. The standard InChI is InChI=1S/C17H13ClN2O2.C6H9N3.C5H6N2/c18-11-5-7-12(8-6-11)20-17(22)14-9-10-3-1-2-4-13(10)15(19)16(14)21;1-5(8)6(3-7)4-9-2;1-5-6-3-2-4-7-5/h1-9,21H,19H2,(H,20,22);4H,8H2,1-2H3;2-4H,1H3/b;6-5+,9-4?;. The molecule has 0 aliphatic carbocycles. The van der Waals surface area contributed by atoms with Gasteiger partial charge in [0.15, 0.2) is 5.75 Å². The molecule has 0 spiro atoms. The number of aliphatic imine (C=N–C) groups is 1. The van der Waals surface area contributed by atoms with Gasteiger partial charge in [-0.1, -0.05) is 35.9 Å². The van der Waals surface area contributed by atoms with E-state index in [1.165, 1.54) is 6.21 Å². The zero-order chi connectivity index (χ0) is 28.1. The second-order valence-corrected chi connectivity index (χ2v) is 8.20. The van der Waals surface area contributed by atoms with E-state index in [1.807, 2.05) is 31.2 Å². The van der Waals surface area contributed by atoms with Crippen LogP contribution in [0, 0.1) is 18.3 Å². The second-order valence-electron chi connectivity index (χ2n) is 7.76. The number of nitrogens with zero attached hydrogens (tertiary/aromatic N) is 4. The lowest BCUT2D eigenvalue weighted by atomic mass is 10.0. The maximum atomic E-state index is 12.4. The van der Waals surface area contributed by atoms with Crippen molar-refractivity contribution in [2.45, 2.75) is 13.8 Å². The van der Waals surface area contributed by atoms with E-state index in [0.717, 1.165) is 11.2 Å². The molecule has 194 valence electrons. The number of nitriles is 1. The molecular formula is C28H28ClN7O2.